The van der Waals surface area contributed by atoms with Gasteiger partial charge in [-0.25, -0.2) is 4.79 Å². The van der Waals surface area contributed by atoms with E-state index >= 15 is 0 Å². The van der Waals surface area contributed by atoms with Gasteiger partial charge in [-0.2, -0.15) is 26.3 Å². The van der Waals surface area contributed by atoms with Gasteiger partial charge in [0.25, 0.3) is 5.60 Å². The minimum atomic E-state index is -5.94. The van der Waals surface area contributed by atoms with Crippen LogP contribution in [-0.2, 0) is 9.53 Å². The fourth-order valence-electron chi connectivity index (χ4n) is 1.13. The summed E-state index contributed by atoms with van der Waals surface area (Å²) in [5.74, 6) is -1.14. The summed E-state index contributed by atoms with van der Waals surface area (Å²) < 4.78 is 78.3. The quantitative estimate of drug-likeness (QED) is 0.492. The fourth-order valence-corrected chi connectivity index (χ4v) is 1.13. The number of hydrogen-bond donors (Lipinski definition) is 1. The first-order chi connectivity index (χ1) is 8.22. The van der Waals surface area contributed by atoms with Crippen LogP contribution in [0.3, 0.4) is 0 Å². The molecule has 0 amide bonds. The van der Waals surface area contributed by atoms with E-state index in [1.54, 1.807) is 0 Å². The molecule has 9 heteroatoms. The molecule has 1 atom stereocenters. The number of carbonyl (C=O) groups excluding carboxylic acids is 1. The van der Waals surface area contributed by atoms with Crippen LogP contribution in [0.2, 0.25) is 0 Å². The smallest absolute Gasteiger partial charge is 0.426 e. The molecule has 0 radical (unpaired) electrons. The Morgan fingerprint density at radius 1 is 1.21 bits per heavy atom. The second kappa shape index (κ2) is 5.40. The minimum Gasteiger partial charge on any atom is -0.459 e. The molecule has 0 heterocycles. The summed E-state index contributed by atoms with van der Waals surface area (Å²) in [6.45, 7) is 5.10. The first-order valence-electron chi connectivity index (χ1n) is 4.94. The van der Waals surface area contributed by atoms with Crippen molar-refractivity contribution in [3.8, 4) is 0 Å². The molecule has 0 saturated heterocycles. The first-order valence-corrected chi connectivity index (χ1v) is 4.94. The van der Waals surface area contributed by atoms with Crippen LogP contribution in [0.15, 0.2) is 12.2 Å². The summed E-state index contributed by atoms with van der Waals surface area (Å²) in [5, 5.41) is 8.84. The number of rotatable bonds is 4. The monoisotopic (exact) mass is 294 g/mol. The topological polar surface area (TPSA) is 46.5 Å². The van der Waals surface area contributed by atoms with Crippen LogP contribution < -0.4 is 0 Å². The van der Waals surface area contributed by atoms with Gasteiger partial charge in [0.2, 0.25) is 0 Å². The normalized spacial score (nSPS) is 15.0. The summed E-state index contributed by atoms with van der Waals surface area (Å²) in [7, 11) is 0. The van der Waals surface area contributed by atoms with Crippen LogP contribution in [0.4, 0.5) is 26.3 Å². The molecule has 1 unspecified atom stereocenters. The van der Waals surface area contributed by atoms with Crippen molar-refractivity contribution >= 4 is 5.97 Å². The Labute approximate surface area is 104 Å². The maximum absolute atomic E-state index is 12.3. The van der Waals surface area contributed by atoms with Crippen LogP contribution in [0.5, 0.6) is 0 Å². The van der Waals surface area contributed by atoms with Crippen LogP contribution in [0.1, 0.15) is 20.3 Å². The molecule has 0 aromatic heterocycles. The predicted octanol–water partition coefficient (Wildman–Crippen LogP) is 2.74. The third-order valence-electron chi connectivity index (χ3n) is 2.18. The van der Waals surface area contributed by atoms with Crippen molar-refractivity contribution in [3.63, 3.8) is 0 Å². The highest BCUT2D eigenvalue weighted by Crippen LogP contribution is 2.46. The largest absolute Gasteiger partial charge is 0.459 e. The molecule has 0 aromatic rings. The van der Waals surface area contributed by atoms with Gasteiger partial charge in [0.15, 0.2) is 0 Å². The number of halogens is 6. The van der Waals surface area contributed by atoms with Gasteiger partial charge < -0.3 is 9.84 Å². The van der Waals surface area contributed by atoms with Crippen molar-refractivity contribution < 1.29 is 41.0 Å². The molecule has 1 N–H and O–H groups in total. The maximum atomic E-state index is 12.3. The maximum Gasteiger partial charge on any atom is 0.426 e. The van der Waals surface area contributed by atoms with E-state index in [1.807, 2.05) is 0 Å². The van der Waals surface area contributed by atoms with Gasteiger partial charge in [-0.1, -0.05) is 6.58 Å². The fraction of sp³-hybridized carbons (Fsp3) is 0.700. The lowest BCUT2D eigenvalue weighted by Gasteiger charge is -2.33. The Morgan fingerprint density at radius 3 is 1.84 bits per heavy atom. The van der Waals surface area contributed by atoms with Gasteiger partial charge in [-0.3, -0.25) is 0 Å². The van der Waals surface area contributed by atoms with Crippen LogP contribution in [0, 0.1) is 0 Å². The zero-order valence-corrected chi connectivity index (χ0v) is 10.0. The zero-order chi connectivity index (χ0) is 15.6. The molecule has 0 fully saturated rings. The van der Waals surface area contributed by atoms with Crippen LogP contribution >= 0.6 is 0 Å². The van der Waals surface area contributed by atoms with Crippen molar-refractivity contribution in [2.45, 2.75) is 44.3 Å². The number of alkyl halides is 6. The number of hydrogen-bond acceptors (Lipinski definition) is 3. The van der Waals surface area contributed by atoms with Gasteiger partial charge in [0, 0.05) is 12.0 Å². The van der Waals surface area contributed by atoms with E-state index in [4.69, 9.17) is 5.11 Å². The Bertz CT molecular complexity index is 343. The number of aliphatic hydroxyl groups is 1. The molecule has 0 spiro atoms. The average molecular weight is 294 g/mol. The second-order valence-electron chi connectivity index (χ2n) is 4.06. The Balaban J connectivity index is 5.07. The summed E-state index contributed by atoms with van der Waals surface area (Å²) in [4.78, 5) is 11.0. The molecular formula is C10H12F6O3. The van der Waals surface area contributed by atoms with Gasteiger partial charge in [-0.05, 0) is 13.8 Å². The van der Waals surface area contributed by atoms with Crippen molar-refractivity contribution in [1.29, 1.82) is 0 Å². The highest BCUT2D eigenvalue weighted by Gasteiger charge is 2.70. The summed E-state index contributed by atoms with van der Waals surface area (Å²) in [5.41, 5.74) is -5.12. The molecular weight excluding hydrogens is 282 g/mol. The summed E-state index contributed by atoms with van der Waals surface area (Å²) in [6.07, 6.45) is -15.5. The van der Waals surface area contributed by atoms with E-state index in [9.17, 15) is 31.1 Å². The first kappa shape index (κ1) is 17.8. The molecule has 112 valence electrons. The van der Waals surface area contributed by atoms with Crippen molar-refractivity contribution in [2.24, 2.45) is 0 Å². The Hall–Kier alpha value is -1.25. The molecule has 0 bridgehead atoms. The van der Waals surface area contributed by atoms with E-state index in [1.165, 1.54) is 6.92 Å². The van der Waals surface area contributed by atoms with Gasteiger partial charge in [0.05, 0.1) is 0 Å². The lowest BCUT2D eigenvalue weighted by atomic mass is 9.95. The van der Waals surface area contributed by atoms with E-state index in [0.29, 0.717) is 0 Å². The molecule has 0 aliphatic carbocycles. The molecule has 0 aliphatic heterocycles. The van der Waals surface area contributed by atoms with Crippen molar-refractivity contribution in [2.75, 3.05) is 0 Å². The van der Waals surface area contributed by atoms with E-state index in [2.05, 4.69) is 11.3 Å². The third kappa shape index (κ3) is 4.12. The highest BCUT2D eigenvalue weighted by atomic mass is 19.4. The van der Waals surface area contributed by atoms with Crippen LogP contribution in [-0.4, -0.2) is 35.1 Å². The lowest BCUT2D eigenvalue weighted by Crippen LogP contribution is -2.58. The predicted molar refractivity (Wildman–Crippen MR) is 52.0 cm³/mol. The standard InChI is InChI=1S/C10H12F6O3/c1-5(2)7(17)19-6(3)4-8(18,9(11,12)13)10(14,15)16/h6,18H,1,4H2,2-3H3. The molecule has 0 aromatic carbocycles. The molecule has 0 saturated carbocycles. The lowest BCUT2D eigenvalue weighted by molar-refractivity contribution is -0.373. The highest BCUT2D eigenvalue weighted by molar-refractivity contribution is 5.87. The van der Waals surface area contributed by atoms with Crippen LogP contribution in [0.25, 0.3) is 0 Å². The van der Waals surface area contributed by atoms with E-state index in [-0.39, 0.29) is 5.57 Å². The number of esters is 1. The molecule has 0 aliphatic rings. The Morgan fingerprint density at radius 2 is 1.58 bits per heavy atom. The van der Waals surface area contributed by atoms with E-state index in [0.717, 1.165) is 6.92 Å². The zero-order valence-electron chi connectivity index (χ0n) is 10.0. The SMILES string of the molecule is C=C(C)C(=O)OC(C)CC(O)(C(F)(F)F)C(F)(F)F. The minimum absolute atomic E-state index is 0.186. The van der Waals surface area contributed by atoms with Crippen molar-refractivity contribution in [3.05, 3.63) is 12.2 Å². The Kier molecular flexibility index (Phi) is 5.04. The van der Waals surface area contributed by atoms with Gasteiger partial charge in [0.1, 0.15) is 6.10 Å². The summed E-state index contributed by atoms with van der Waals surface area (Å²) in [6, 6.07) is 0. The number of carbonyl (C=O) groups is 1. The molecule has 3 nitrogen and oxygen atoms in total. The van der Waals surface area contributed by atoms with Gasteiger partial charge in [-0.15, -0.1) is 0 Å². The van der Waals surface area contributed by atoms with E-state index < -0.39 is 36.4 Å². The molecule has 19 heavy (non-hydrogen) atoms. The molecule has 0 rings (SSSR count). The number of ether oxygens (including phenoxy) is 1. The average Bonchev–Trinajstić information content (AvgIpc) is 2.13. The van der Waals surface area contributed by atoms with Gasteiger partial charge >= 0.3 is 18.3 Å². The summed E-state index contributed by atoms with van der Waals surface area (Å²) >= 11 is 0. The third-order valence-corrected chi connectivity index (χ3v) is 2.18. The van der Waals surface area contributed by atoms with Crippen molar-refractivity contribution in [1.82, 2.24) is 0 Å². The second-order valence-corrected chi connectivity index (χ2v) is 4.06.